The van der Waals surface area contributed by atoms with E-state index < -0.39 is 34.4 Å². The number of hydrogen-bond donors (Lipinski definition) is 0. The zero-order valence-corrected chi connectivity index (χ0v) is 15.0. The normalized spacial score (nSPS) is 10.2. The highest BCUT2D eigenvalue weighted by molar-refractivity contribution is 6.52. The number of rotatable bonds is 4. The lowest BCUT2D eigenvalue weighted by atomic mass is 10.1. The number of nitrogens with zero attached hydrogens (tertiary/aromatic N) is 2. The molecule has 10 heteroatoms. The summed E-state index contributed by atoms with van der Waals surface area (Å²) in [6.45, 7) is 2.60. The number of anilines is 1. The third-order valence-corrected chi connectivity index (χ3v) is 3.59. The van der Waals surface area contributed by atoms with Gasteiger partial charge in [0, 0.05) is 6.07 Å². The molecule has 10 nitrogen and oxygen atoms in total. The van der Waals surface area contributed by atoms with Gasteiger partial charge in [-0.2, -0.15) is 0 Å². The Morgan fingerprint density at radius 2 is 1.50 bits per heavy atom. The summed E-state index contributed by atoms with van der Waals surface area (Å²) in [4.78, 5) is 59.6. The number of amides is 2. The maximum atomic E-state index is 12.5. The molecule has 146 valence electrons. The lowest BCUT2D eigenvalue weighted by Crippen LogP contribution is -2.46. The Morgan fingerprint density at radius 3 is 2.00 bits per heavy atom. The predicted molar refractivity (Wildman–Crippen MR) is 96.4 cm³/mol. The van der Waals surface area contributed by atoms with Crippen LogP contribution in [0.15, 0.2) is 36.4 Å². The average molecular weight is 388 g/mol. The maximum Gasteiger partial charge on any atom is 0.397 e. The van der Waals surface area contributed by atoms with Crippen molar-refractivity contribution >= 4 is 45.9 Å². The van der Waals surface area contributed by atoms with E-state index in [0.717, 1.165) is 6.07 Å². The van der Waals surface area contributed by atoms with E-state index >= 15 is 0 Å². The van der Waals surface area contributed by atoms with Crippen molar-refractivity contribution in [3.63, 3.8) is 0 Å². The Kier molecular flexibility index (Phi) is 6.38. The van der Waals surface area contributed by atoms with Gasteiger partial charge in [-0.15, -0.1) is 0 Å². The summed E-state index contributed by atoms with van der Waals surface area (Å²) in [6.07, 6.45) is 0. The number of carbonyl (C=O) groups is 4. The molecule has 0 unspecified atom stereocenters. The molecule has 0 aromatic heterocycles. The van der Waals surface area contributed by atoms with Gasteiger partial charge >= 0.3 is 23.8 Å². The van der Waals surface area contributed by atoms with E-state index in [1.807, 2.05) is 0 Å². The van der Waals surface area contributed by atoms with Crippen LogP contribution in [-0.2, 0) is 28.7 Å². The SMILES string of the molecule is CCOC(=O)C(=O)N(C(=O)C(=O)OCC)c1cc([N+](=O)[O-])c2ccccc2c1. The Bertz CT molecular complexity index is 939. The number of non-ortho nitro benzene ring substituents is 1. The Morgan fingerprint density at radius 1 is 0.964 bits per heavy atom. The van der Waals surface area contributed by atoms with Crippen LogP contribution in [-0.4, -0.2) is 41.9 Å². The van der Waals surface area contributed by atoms with Crippen molar-refractivity contribution in [1.29, 1.82) is 0 Å². The van der Waals surface area contributed by atoms with Crippen molar-refractivity contribution in [3.05, 3.63) is 46.5 Å². The van der Waals surface area contributed by atoms with Crippen LogP contribution >= 0.6 is 0 Å². The summed E-state index contributed by atoms with van der Waals surface area (Å²) in [5.74, 6) is -5.72. The van der Waals surface area contributed by atoms with Gasteiger partial charge in [-0.25, -0.2) is 14.5 Å². The second-order valence-corrected chi connectivity index (χ2v) is 5.33. The zero-order valence-electron chi connectivity index (χ0n) is 15.0. The van der Waals surface area contributed by atoms with E-state index in [0.29, 0.717) is 5.39 Å². The van der Waals surface area contributed by atoms with Gasteiger partial charge in [0.15, 0.2) is 0 Å². The smallest absolute Gasteiger partial charge is 0.397 e. The number of benzene rings is 2. The second-order valence-electron chi connectivity index (χ2n) is 5.33. The van der Waals surface area contributed by atoms with Crippen molar-refractivity contribution < 1.29 is 33.6 Å². The van der Waals surface area contributed by atoms with Gasteiger partial charge in [-0.05, 0) is 31.4 Å². The van der Waals surface area contributed by atoms with E-state index in [1.165, 1.54) is 32.0 Å². The first kappa shape index (κ1) is 20.5. The van der Waals surface area contributed by atoms with E-state index in [9.17, 15) is 29.3 Å². The molecule has 0 N–H and O–H groups in total. The first-order valence-electron chi connectivity index (χ1n) is 8.21. The minimum Gasteiger partial charge on any atom is -0.459 e. The molecule has 0 fully saturated rings. The van der Waals surface area contributed by atoms with Crippen LogP contribution in [0, 0.1) is 10.1 Å². The monoisotopic (exact) mass is 388 g/mol. The number of carbonyl (C=O) groups excluding carboxylic acids is 4. The van der Waals surface area contributed by atoms with Crippen LogP contribution in [0.2, 0.25) is 0 Å². The molecule has 0 bridgehead atoms. The fourth-order valence-electron chi connectivity index (χ4n) is 2.45. The number of esters is 2. The van der Waals surface area contributed by atoms with Crippen molar-refractivity contribution in [2.24, 2.45) is 0 Å². The Balaban J connectivity index is 2.67. The van der Waals surface area contributed by atoms with E-state index in [-0.39, 0.29) is 29.2 Å². The molecule has 0 saturated heterocycles. The number of imide groups is 1. The molecule has 2 rings (SSSR count). The maximum absolute atomic E-state index is 12.5. The molecule has 0 aliphatic carbocycles. The minimum absolute atomic E-state index is 0.149. The quantitative estimate of drug-likeness (QED) is 0.335. The number of nitro benzene ring substituents is 1. The molecule has 0 radical (unpaired) electrons. The van der Waals surface area contributed by atoms with Crippen LogP contribution in [0.3, 0.4) is 0 Å². The van der Waals surface area contributed by atoms with Crippen LogP contribution < -0.4 is 4.90 Å². The van der Waals surface area contributed by atoms with E-state index in [4.69, 9.17) is 0 Å². The highest BCUT2D eigenvalue weighted by Gasteiger charge is 2.36. The molecular formula is C18H16N2O8. The Labute approximate surface area is 158 Å². The van der Waals surface area contributed by atoms with Crippen LogP contribution in [0.5, 0.6) is 0 Å². The number of ether oxygens (including phenoxy) is 2. The average Bonchev–Trinajstić information content (AvgIpc) is 2.67. The van der Waals surface area contributed by atoms with Crippen molar-refractivity contribution in [3.8, 4) is 0 Å². The van der Waals surface area contributed by atoms with Crippen molar-refractivity contribution in [1.82, 2.24) is 0 Å². The summed E-state index contributed by atoms with van der Waals surface area (Å²) >= 11 is 0. The number of fused-ring (bicyclic) bond motifs is 1. The molecule has 2 aromatic rings. The van der Waals surface area contributed by atoms with Gasteiger partial charge in [0.1, 0.15) is 0 Å². The summed E-state index contributed by atoms with van der Waals surface area (Å²) in [5.41, 5.74) is -0.743. The third-order valence-electron chi connectivity index (χ3n) is 3.59. The topological polar surface area (TPSA) is 133 Å². The number of hydrogen-bond acceptors (Lipinski definition) is 8. The van der Waals surface area contributed by atoms with Crippen LogP contribution in [0.25, 0.3) is 10.8 Å². The van der Waals surface area contributed by atoms with Gasteiger partial charge in [0.05, 0.1) is 29.2 Å². The summed E-state index contributed by atoms with van der Waals surface area (Å²) in [7, 11) is 0. The summed E-state index contributed by atoms with van der Waals surface area (Å²) < 4.78 is 9.19. The lowest BCUT2D eigenvalue weighted by molar-refractivity contribution is -0.383. The standard InChI is InChI=1S/C18H16N2O8/c1-3-27-17(23)15(21)19(16(22)18(24)28-4-2)12-9-11-7-5-6-8-13(11)14(10-12)20(25)26/h5-10H,3-4H2,1-2H3. The van der Waals surface area contributed by atoms with Gasteiger partial charge in [-0.1, -0.05) is 18.2 Å². The van der Waals surface area contributed by atoms with Gasteiger partial charge < -0.3 is 9.47 Å². The van der Waals surface area contributed by atoms with E-state index in [1.54, 1.807) is 12.1 Å². The van der Waals surface area contributed by atoms with Crippen LogP contribution in [0.4, 0.5) is 11.4 Å². The molecule has 0 atom stereocenters. The molecule has 0 heterocycles. The minimum atomic E-state index is -1.47. The fraction of sp³-hybridized carbons (Fsp3) is 0.222. The highest BCUT2D eigenvalue weighted by atomic mass is 16.6. The van der Waals surface area contributed by atoms with Crippen molar-refractivity contribution in [2.75, 3.05) is 18.1 Å². The molecule has 28 heavy (non-hydrogen) atoms. The van der Waals surface area contributed by atoms with Gasteiger partial charge in [-0.3, -0.25) is 19.7 Å². The largest absolute Gasteiger partial charge is 0.459 e. The second kappa shape index (κ2) is 8.71. The molecule has 0 saturated carbocycles. The summed E-state index contributed by atoms with van der Waals surface area (Å²) in [6, 6.07) is 8.39. The Hall–Kier alpha value is -3.82. The third kappa shape index (κ3) is 4.11. The molecule has 2 aromatic carbocycles. The van der Waals surface area contributed by atoms with Gasteiger partial charge in [0.2, 0.25) is 0 Å². The van der Waals surface area contributed by atoms with E-state index in [2.05, 4.69) is 9.47 Å². The summed E-state index contributed by atoms with van der Waals surface area (Å²) in [5, 5.41) is 12.0. The number of nitro groups is 1. The molecule has 0 spiro atoms. The molecule has 0 aliphatic heterocycles. The lowest BCUT2D eigenvalue weighted by Gasteiger charge is -2.19. The molecule has 2 amide bonds. The fourth-order valence-corrected chi connectivity index (χ4v) is 2.45. The van der Waals surface area contributed by atoms with Crippen LogP contribution in [0.1, 0.15) is 13.8 Å². The molecular weight excluding hydrogens is 372 g/mol. The molecule has 0 aliphatic rings. The zero-order chi connectivity index (χ0) is 20.8. The highest BCUT2D eigenvalue weighted by Crippen LogP contribution is 2.32. The van der Waals surface area contributed by atoms with Gasteiger partial charge in [0.25, 0.3) is 5.69 Å². The first-order chi connectivity index (χ1) is 13.3. The first-order valence-corrected chi connectivity index (χ1v) is 8.21. The predicted octanol–water partition coefficient (Wildman–Crippen LogP) is 1.73. The van der Waals surface area contributed by atoms with Crippen molar-refractivity contribution in [2.45, 2.75) is 13.8 Å².